The van der Waals surface area contributed by atoms with Gasteiger partial charge in [0.15, 0.2) is 5.78 Å². The summed E-state index contributed by atoms with van der Waals surface area (Å²) in [5.74, 6) is 0.200. The van der Waals surface area contributed by atoms with Crippen LogP contribution in [0.3, 0.4) is 0 Å². The summed E-state index contributed by atoms with van der Waals surface area (Å²) in [5.41, 5.74) is 0. The molecule has 0 saturated carbocycles. The summed E-state index contributed by atoms with van der Waals surface area (Å²) >= 11 is 0. The average Bonchev–Trinajstić information content (AvgIpc) is 1.64. The maximum Gasteiger partial charge on any atom is 0.188 e. The standard InChI is InChI=1S/C3H5N3OS/c4-8-2-3(7)1-5-6-8/h1H,2H2,(H2,4,6). The van der Waals surface area contributed by atoms with E-state index >= 15 is 0 Å². The van der Waals surface area contributed by atoms with Crippen molar-refractivity contribution in [3.05, 3.63) is 0 Å². The van der Waals surface area contributed by atoms with E-state index in [9.17, 15) is 4.79 Å². The van der Waals surface area contributed by atoms with Crippen LogP contribution < -0.4 is 4.83 Å². The van der Waals surface area contributed by atoms with Gasteiger partial charge in [-0.15, -0.1) is 0 Å². The van der Waals surface area contributed by atoms with Gasteiger partial charge in [0.05, 0.1) is 12.0 Å². The Morgan fingerprint density at radius 2 is 2.75 bits per heavy atom. The molecule has 0 fully saturated rings. The molecule has 0 aromatic carbocycles. The van der Waals surface area contributed by atoms with Gasteiger partial charge in [-0.3, -0.25) is 9.57 Å². The van der Waals surface area contributed by atoms with Crippen LogP contribution in [0.5, 0.6) is 0 Å². The zero-order chi connectivity index (χ0) is 5.98. The van der Waals surface area contributed by atoms with Crippen molar-refractivity contribution < 1.29 is 4.79 Å². The lowest BCUT2D eigenvalue weighted by molar-refractivity contribution is -0.110. The van der Waals surface area contributed by atoms with Crippen LogP contribution in [0.1, 0.15) is 0 Å². The molecular formula is C3H5N3OS. The van der Waals surface area contributed by atoms with E-state index in [1.54, 1.807) is 0 Å². The number of hydrogen-bond donors (Lipinski definition) is 2. The summed E-state index contributed by atoms with van der Waals surface area (Å²) in [6.45, 7) is 0. The number of carbonyl (C=O) groups excluding carboxylic acids is 1. The molecule has 8 heavy (non-hydrogen) atoms. The number of hydrazone groups is 1. The lowest BCUT2D eigenvalue weighted by atomic mass is 10.5. The summed E-state index contributed by atoms with van der Waals surface area (Å²) < 4.78 is 6.98. The van der Waals surface area contributed by atoms with E-state index in [-0.39, 0.29) is 11.5 Å². The van der Waals surface area contributed by atoms with Crippen molar-refractivity contribution >= 4 is 22.9 Å². The number of Topliss-reactive ketones (excluding diaryl/α,β-unsaturated/α-hetero) is 1. The number of carbonyl (C=O) groups is 1. The SMILES string of the molecule is N=S1CC(=O)C=NN1. The molecule has 0 saturated heterocycles. The van der Waals surface area contributed by atoms with Crippen LogP contribution in [0.4, 0.5) is 0 Å². The van der Waals surface area contributed by atoms with Crippen molar-refractivity contribution in [3.8, 4) is 0 Å². The molecule has 5 heteroatoms. The first-order chi connectivity index (χ1) is 3.79. The molecule has 2 N–H and O–H groups in total. The van der Waals surface area contributed by atoms with Crippen LogP contribution in [0, 0.1) is 4.78 Å². The highest BCUT2D eigenvalue weighted by Crippen LogP contribution is 1.83. The van der Waals surface area contributed by atoms with Gasteiger partial charge >= 0.3 is 0 Å². The fraction of sp³-hybridized carbons (Fsp3) is 0.333. The smallest absolute Gasteiger partial charge is 0.188 e. The molecule has 1 aliphatic rings. The van der Waals surface area contributed by atoms with Crippen LogP contribution in [0.15, 0.2) is 5.10 Å². The molecule has 0 radical (unpaired) electrons. The zero-order valence-corrected chi connectivity index (χ0v) is 4.86. The Morgan fingerprint density at radius 1 is 2.00 bits per heavy atom. The number of hydrogen-bond acceptors (Lipinski definition) is 3. The Hall–Kier alpha value is -0.710. The lowest BCUT2D eigenvalue weighted by Gasteiger charge is -2.04. The summed E-state index contributed by atoms with van der Waals surface area (Å²) in [7, 11) is -0.768. The lowest BCUT2D eigenvalue weighted by Crippen LogP contribution is -2.25. The molecule has 0 amide bonds. The highest BCUT2D eigenvalue weighted by molar-refractivity contribution is 7.85. The van der Waals surface area contributed by atoms with Gasteiger partial charge in [0, 0.05) is 10.9 Å². The average molecular weight is 131 g/mol. The van der Waals surface area contributed by atoms with Gasteiger partial charge in [0.2, 0.25) is 0 Å². The molecule has 0 aliphatic carbocycles. The van der Waals surface area contributed by atoms with E-state index in [0.717, 1.165) is 0 Å². The number of nitrogens with one attached hydrogen (secondary N) is 2. The molecule has 1 aliphatic heterocycles. The van der Waals surface area contributed by atoms with Crippen LogP contribution >= 0.6 is 0 Å². The Kier molecular flexibility index (Phi) is 1.38. The minimum atomic E-state index is -0.768. The Balaban J connectivity index is 2.68. The van der Waals surface area contributed by atoms with E-state index in [1.165, 1.54) is 6.21 Å². The predicted octanol–water partition coefficient (Wildman–Crippen LogP) is -0.560. The molecular weight excluding hydrogens is 126 g/mol. The molecule has 1 atom stereocenters. The molecule has 0 bridgehead atoms. The van der Waals surface area contributed by atoms with Gasteiger partial charge in [0.1, 0.15) is 0 Å². The highest BCUT2D eigenvalue weighted by Gasteiger charge is 2.04. The first kappa shape index (κ1) is 5.43. The largest absolute Gasteiger partial charge is 0.292 e. The molecule has 1 rings (SSSR count). The highest BCUT2D eigenvalue weighted by atomic mass is 32.2. The second-order valence-electron chi connectivity index (χ2n) is 1.35. The third-order valence-electron chi connectivity index (χ3n) is 0.658. The van der Waals surface area contributed by atoms with Crippen molar-refractivity contribution in [2.24, 2.45) is 5.10 Å². The summed E-state index contributed by atoms with van der Waals surface area (Å²) in [5, 5.41) is 3.44. The maximum atomic E-state index is 10.4. The normalized spacial score (nSPS) is 27.5. The third-order valence-corrected chi connectivity index (χ3v) is 1.56. The van der Waals surface area contributed by atoms with Crippen LogP contribution in [-0.4, -0.2) is 17.8 Å². The van der Waals surface area contributed by atoms with Gasteiger partial charge in [-0.05, 0) is 0 Å². The van der Waals surface area contributed by atoms with Gasteiger partial charge in [-0.25, -0.2) is 4.83 Å². The van der Waals surface area contributed by atoms with Crippen molar-refractivity contribution in [3.63, 3.8) is 0 Å². The second kappa shape index (κ2) is 2.04. The minimum Gasteiger partial charge on any atom is -0.292 e. The second-order valence-corrected chi connectivity index (χ2v) is 2.60. The summed E-state index contributed by atoms with van der Waals surface area (Å²) in [6.07, 6.45) is 1.21. The van der Waals surface area contributed by atoms with E-state index in [2.05, 4.69) is 9.93 Å². The fourth-order valence-corrected chi connectivity index (χ4v) is 0.977. The summed E-state index contributed by atoms with van der Waals surface area (Å²) in [6, 6.07) is 0. The number of ketones is 1. The minimum absolute atomic E-state index is 0.0675. The molecule has 1 unspecified atom stereocenters. The van der Waals surface area contributed by atoms with Crippen molar-refractivity contribution in [1.82, 2.24) is 4.83 Å². The van der Waals surface area contributed by atoms with Crippen LogP contribution in [0.2, 0.25) is 0 Å². The summed E-state index contributed by atoms with van der Waals surface area (Å²) in [4.78, 5) is 12.8. The van der Waals surface area contributed by atoms with Crippen molar-refractivity contribution in [1.29, 1.82) is 4.78 Å². The predicted molar refractivity (Wildman–Crippen MR) is 31.6 cm³/mol. The molecule has 44 valence electrons. The molecule has 4 nitrogen and oxygen atoms in total. The van der Waals surface area contributed by atoms with Gasteiger partial charge in [0.25, 0.3) is 0 Å². The molecule has 0 aromatic rings. The van der Waals surface area contributed by atoms with E-state index < -0.39 is 10.9 Å². The monoisotopic (exact) mass is 131 g/mol. The van der Waals surface area contributed by atoms with Crippen LogP contribution in [0.25, 0.3) is 0 Å². The number of rotatable bonds is 0. The molecule has 0 aromatic heterocycles. The van der Waals surface area contributed by atoms with Crippen molar-refractivity contribution in [2.45, 2.75) is 0 Å². The van der Waals surface area contributed by atoms with Gasteiger partial charge in [-0.2, -0.15) is 5.10 Å². The van der Waals surface area contributed by atoms with Gasteiger partial charge in [-0.1, -0.05) is 0 Å². The Morgan fingerprint density at radius 3 is 3.12 bits per heavy atom. The van der Waals surface area contributed by atoms with Gasteiger partial charge < -0.3 is 0 Å². The molecule has 0 spiro atoms. The first-order valence-electron chi connectivity index (χ1n) is 2.03. The quantitative estimate of drug-likeness (QED) is 0.463. The third kappa shape index (κ3) is 1.13. The van der Waals surface area contributed by atoms with E-state index in [1.807, 2.05) is 0 Å². The van der Waals surface area contributed by atoms with Crippen molar-refractivity contribution in [2.75, 3.05) is 5.75 Å². The molecule has 1 heterocycles. The topological polar surface area (TPSA) is 65.3 Å². The maximum absolute atomic E-state index is 10.4. The Bertz CT molecular complexity index is 164. The Labute approximate surface area is 49.0 Å². The van der Waals surface area contributed by atoms with Crippen LogP contribution in [-0.2, 0) is 15.7 Å². The zero-order valence-electron chi connectivity index (χ0n) is 4.05. The first-order valence-corrected chi connectivity index (χ1v) is 3.42. The fourth-order valence-electron chi connectivity index (χ4n) is 0.374. The number of nitrogens with zero attached hydrogens (tertiary/aromatic N) is 1. The van der Waals surface area contributed by atoms with E-state index in [0.29, 0.717) is 0 Å². The van der Waals surface area contributed by atoms with E-state index in [4.69, 9.17) is 4.78 Å².